The standard InChI is InChI=1S/C22H24ClN5O/c1-27-9-11-28(12-10-27)15-16-3-2-4-19(13-16)25-22(29)20-14-24-26-21(20)17-5-7-18(23)8-6-17/h2-8,13-14H,9-12,15H2,1H3,(H,24,26)(H,25,29). The average molecular weight is 410 g/mol. The van der Waals surface area contributed by atoms with Crippen LogP contribution in [0.1, 0.15) is 15.9 Å². The highest BCUT2D eigenvalue weighted by Crippen LogP contribution is 2.24. The molecule has 1 aliphatic heterocycles. The average Bonchev–Trinajstić information content (AvgIpc) is 3.21. The van der Waals surface area contributed by atoms with E-state index >= 15 is 0 Å². The van der Waals surface area contributed by atoms with Crippen LogP contribution in [0, 0.1) is 0 Å². The van der Waals surface area contributed by atoms with Crippen LogP contribution in [-0.4, -0.2) is 59.1 Å². The van der Waals surface area contributed by atoms with Gasteiger partial charge in [0.15, 0.2) is 0 Å². The number of anilines is 1. The van der Waals surface area contributed by atoms with Crippen molar-refractivity contribution in [2.75, 3.05) is 38.5 Å². The Morgan fingerprint density at radius 3 is 2.66 bits per heavy atom. The van der Waals surface area contributed by atoms with E-state index in [-0.39, 0.29) is 5.91 Å². The lowest BCUT2D eigenvalue weighted by atomic mass is 10.1. The van der Waals surface area contributed by atoms with Gasteiger partial charge in [0.25, 0.3) is 5.91 Å². The van der Waals surface area contributed by atoms with Gasteiger partial charge in [-0.2, -0.15) is 5.10 Å². The molecule has 0 saturated carbocycles. The molecule has 2 N–H and O–H groups in total. The molecule has 4 rings (SSSR count). The van der Waals surface area contributed by atoms with Gasteiger partial charge in [-0.3, -0.25) is 14.8 Å². The second-order valence-electron chi connectivity index (χ2n) is 7.40. The Morgan fingerprint density at radius 1 is 1.14 bits per heavy atom. The van der Waals surface area contributed by atoms with E-state index in [1.807, 2.05) is 30.3 Å². The van der Waals surface area contributed by atoms with Gasteiger partial charge in [0.05, 0.1) is 17.5 Å². The molecule has 2 heterocycles. The number of hydrogen-bond donors (Lipinski definition) is 2. The smallest absolute Gasteiger partial charge is 0.259 e. The van der Waals surface area contributed by atoms with Crippen LogP contribution in [0.25, 0.3) is 11.3 Å². The maximum Gasteiger partial charge on any atom is 0.259 e. The summed E-state index contributed by atoms with van der Waals surface area (Å²) in [6, 6.07) is 15.3. The van der Waals surface area contributed by atoms with Gasteiger partial charge in [0.1, 0.15) is 0 Å². The third-order valence-electron chi connectivity index (χ3n) is 5.20. The summed E-state index contributed by atoms with van der Waals surface area (Å²) in [6.07, 6.45) is 1.55. The number of nitrogens with one attached hydrogen (secondary N) is 2. The van der Waals surface area contributed by atoms with E-state index in [1.54, 1.807) is 18.3 Å². The first-order chi connectivity index (χ1) is 14.1. The van der Waals surface area contributed by atoms with Crippen LogP contribution in [-0.2, 0) is 6.54 Å². The predicted octanol–water partition coefficient (Wildman–Crippen LogP) is 3.73. The molecule has 29 heavy (non-hydrogen) atoms. The fourth-order valence-corrected chi connectivity index (χ4v) is 3.63. The Labute approximate surface area is 175 Å². The second kappa shape index (κ2) is 8.78. The minimum absolute atomic E-state index is 0.194. The third kappa shape index (κ3) is 4.85. The molecule has 0 unspecified atom stereocenters. The molecule has 3 aromatic rings. The Kier molecular flexibility index (Phi) is 5.94. The molecule has 150 valence electrons. The van der Waals surface area contributed by atoms with Crippen molar-refractivity contribution in [1.29, 1.82) is 0 Å². The summed E-state index contributed by atoms with van der Waals surface area (Å²) in [7, 11) is 2.15. The van der Waals surface area contributed by atoms with Crippen molar-refractivity contribution < 1.29 is 4.79 Å². The number of amides is 1. The summed E-state index contributed by atoms with van der Waals surface area (Å²) in [5, 5.41) is 10.6. The van der Waals surface area contributed by atoms with Crippen LogP contribution in [0.5, 0.6) is 0 Å². The SMILES string of the molecule is CN1CCN(Cc2cccc(NC(=O)c3cn[nH]c3-c3ccc(Cl)cc3)c2)CC1. The van der Waals surface area contributed by atoms with Crippen molar-refractivity contribution in [3.05, 3.63) is 70.9 Å². The minimum Gasteiger partial charge on any atom is -0.322 e. The topological polar surface area (TPSA) is 64.3 Å². The highest BCUT2D eigenvalue weighted by Gasteiger charge is 2.17. The largest absolute Gasteiger partial charge is 0.322 e. The summed E-state index contributed by atoms with van der Waals surface area (Å²) >= 11 is 5.96. The number of benzene rings is 2. The summed E-state index contributed by atoms with van der Waals surface area (Å²) in [4.78, 5) is 17.6. The molecule has 2 aromatic carbocycles. The molecule has 1 aromatic heterocycles. The number of halogens is 1. The zero-order valence-corrected chi connectivity index (χ0v) is 17.1. The Morgan fingerprint density at radius 2 is 1.90 bits per heavy atom. The van der Waals surface area contributed by atoms with Crippen molar-refractivity contribution in [2.45, 2.75) is 6.54 Å². The number of carbonyl (C=O) groups excluding carboxylic acids is 1. The molecule has 1 fully saturated rings. The molecule has 0 radical (unpaired) electrons. The van der Waals surface area contributed by atoms with Gasteiger partial charge in [-0.05, 0) is 36.9 Å². The molecule has 1 amide bonds. The number of nitrogens with zero attached hydrogens (tertiary/aromatic N) is 3. The molecule has 1 saturated heterocycles. The second-order valence-corrected chi connectivity index (χ2v) is 7.84. The lowest BCUT2D eigenvalue weighted by Gasteiger charge is -2.32. The fourth-order valence-electron chi connectivity index (χ4n) is 3.50. The monoisotopic (exact) mass is 409 g/mol. The van der Waals surface area contributed by atoms with Crippen LogP contribution >= 0.6 is 11.6 Å². The summed E-state index contributed by atoms with van der Waals surface area (Å²) in [6.45, 7) is 5.19. The van der Waals surface area contributed by atoms with Gasteiger partial charge in [0.2, 0.25) is 0 Å². The van der Waals surface area contributed by atoms with E-state index in [0.717, 1.165) is 44.0 Å². The molecule has 0 spiro atoms. The van der Waals surface area contributed by atoms with Gasteiger partial charge >= 0.3 is 0 Å². The number of piperazine rings is 1. The van der Waals surface area contributed by atoms with Crippen LogP contribution in [0.2, 0.25) is 5.02 Å². The first-order valence-corrected chi connectivity index (χ1v) is 10.1. The molecule has 0 bridgehead atoms. The molecule has 1 aliphatic rings. The summed E-state index contributed by atoms with van der Waals surface area (Å²) < 4.78 is 0. The van der Waals surface area contributed by atoms with Gasteiger partial charge in [-0.1, -0.05) is 35.9 Å². The van der Waals surface area contributed by atoms with Gasteiger partial charge in [0, 0.05) is 49.0 Å². The van der Waals surface area contributed by atoms with Gasteiger partial charge in [-0.15, -0.1) is 0 Å². The number of likely N-dealkylation sites (N-methyl/N-ethyl adjacent to an activating group) is 1. The molecule has 0 atom stereocenters. The zero-order chi connectivity index (χ0) is 20.2. The highest BCUT2D eigenvalue weighted by atomic mass is 35.5. The van der Waals surface area contributed by atoms with E-state index in [4.69, 9.17) is 11.6 Å². The predicted molar refractivity (Wildman–Crippen MR) is 116 cm³/mol. The lowest BCUT2D eigenvalue weighted by Crippen LogP contribution is -2.43. The quantitative estimate of drug-likeness (QED) is 0.674. The van der Waals surface area contributed by atoms with E-state index < -0.39 is 0 Å². The van der Waals surface area contributed by atoms with Crippen molar-refractivity contribution in [1.82, 2.24) is 20.0 Å². The van der Waals surface area contributed by atoms with E-state index in [1.165, 1.54) is 5.56 Å². The van der Waals surface area contributed by atoms with Crippen LogP contribution in [0.3, 0.4) is 0 Å². The molecular weight excluding hydrogens is 386 g/mol. The van der Waals surface area contributed by atoms with Crippen molar-refractivity contribution in [3.8, 4) is 11.3 Å². The number of aromatic nitrogens is 2. The van der Waals surface area contributed by atoms with Crippen molar-refractivity contribution in [2.24, 2.45) is 0 Å². The normalized spacial score (nSPS) is 15.4. The fraction of sp³-hybridized carbons (Fsp3) is 0.273. The van der Waals surface area contributed by atoms with E-state index in [0.29, 0.717) is 16.3 Å². The van der Waals surface area contributed by atoms with Crippen molar-refractivity contribution >= 4 is 23.2 Å². The van der Waals surface area contributed by atoms with Crippen LogP contribution < -0.4 is 5.32 Å². The minimum atomic E-state index is -0.194. The Balaban J connectivity index is 1.45. The van der Waals surface area contributed by atoms with Crippen LogP contribution in [0.15, 0.2) is 54.7 Å². The third-order valence-corrected chi connectivity index (χ3v) is 5.46. The van der Waals surface area contributed by atoms with Crippen molar-refractivity contribution in [3.63, 3.8) is 0 Å². The Hall–Kier alpha value is -2.67. The lowest BCUT2D eigenvalue weighted by molar-refractivity contribution is 0.102. The van der Waals surface area contributed by atoms with E-state index in [2.05, 4.69) is 38.4 Å². The molecule has 0 aliphatic carbocycles. The van der Waals surface area contributed by atoms with E-state index in [9.17, 15) is 4.79 Å². The maximum absolute atomic E-state index is 12.9. The number of rotatable bonds is 5. The highest BCUT2D eigenvalue weighted by molar-refractivity contribution is 6.30. The molecule has 6 nitrogen and oxygen atoms in total. The number of hydrogen-bond acceptors (Lipinski definition) is 4. The molecule has 7 heteroatoms. The number of H-pyrrole nitrogens is 1. The first-order valence-electron chi connectivity index (χ1n) is 9.69. The van der Waals surface area contributed by atoms with Gasteiger partial charge in [-0.25, -0.2) is 0 Å². The maximum atomic E-state index is 12.9. The zero-order valence-electron chi connectivity index (χ0n) is 16.4. The Bertz CT molecular complexity index is 977. The first kappa shape index (κ1) is 19.6. The summed E-state index contributed by atoms with van der Waals surface area (Å²) in [5.41, 5.74) is 4.01. The van der Waals surface area contributed by atoms with Crippen LogP contribution in [0.4, 0.5) is 5.69 Å². The molecular formula is C22H24ClN5O. The summed E-state index contributed by atoms with van der Waals surface area (Å²) in [5.74, 6) is -0.194. The number of carbonyl (C=O) groups is 1. The van der Waals surface area contributed by atoms with Gasteiger partial charge < -0.3 is 10.2 Å². The number of aromatic amines is 1.